The molecule has 1 aliphatic carbocycles. The fourth-order valence-electron chi connectivity index (χ4n) is 3.16. The third kappa shape index (κ3) is 1.76. The van der Waals surface area contributed by atoms with Crippen molar-refractivity contribution in [2.24, 2.45) is 5.92 Å². The van der Waals surface area contributed by atoms with E-state index in [-0.39, 0.29) is 0 Å². The number of hydrogen-bond donors (Lipinski definition) is 1. The Morgan fingerprint density at radius 1 is 1.39 bits per heavy atom. The molecule has 2 aliphatic rings. The van der Waals surface area contributed by atoms with Crippen molar-refractivity contribution in [2.75, 3.05) is 19.0 Å². The molecule has 0 bridgehead atoms. The van der Waals surface area contributed by atoms with Gasteiger partial charge in [-0.2, -0.15) is 0 Å². The third-order valence-electron chi connectivity index (χ3n) is 4.06. The van der Waals surface area contributed by atoms with E-state index >= 15 is 0 Å². The second kappa shape index (κ2) is 4.59. The van der Waals surface area contributed by atoms with Crippen LogP contribution >= 0.6 is 0 Å². The molecular formula is C12H18N4O2. The lowest BCUT2D eigenvalue weighted by Crippen LogP contribution is -2.28. The Hall–Kier alpha value is -1.59. The highest BCUT2D eigenvalue weighted by molar-refractivity contribution is 5.92. The minimum atomic E-state index is -0.421. The molecule has 0 radical (unpaired) electrons. The Morgan fingerprint density at radius 3 is 2.89 bits per heavy atom. The van der Waals surface area contributed by atoms with Crippen LogP contribution in [-0.4, -0.2) is 34.6 Å². The van der Waals surface area contributed by atoms with E-state index in [9.17, 15) is 4.79 Å². The van der Waals surface area contributed by atoms with Gasteiger partial charge in [-0.05, 0) is 25.2 Å². The highest BCUT2D eigenvalue weighted by Gasteiger charge is 2.33. The van der Waals surface area contributed by atoms with Crippen molar-refractivity contribution < 1.29 is 9.53 Å². The molecule has 1 N–H and O–H groups in total. The highest BCUT2D eigenvalue weighted by Crippen LogP contribution is 2.39. The number of nitrogens with one attached hydrogen (secondary N) is 1. The molecule has 0 saturated heterocycles. The first-order valence-electron chi connectivity index (χ1n) is 6.58. The summed E-state index contributed by atoms with van der Waals surface area (Å²) in [6, 6.07) is 0.384. The zero-order chi connectivity index (χ0) is 12.5. The average molecular weight is 250 g/mol. The van der Waals surface area contributed by atoms with E-state index in [1.54, 1.807) is 0 Å². The molecule has 6 nitrogen and oxygen atoms in total. The number of aromatic nitrogens is 3. The number of methoxy groups -OCH3 is 1. The van der Waals surface area contributed by atoms with Crippen LogP contribution in [0.5, 0.6) is 0 Å². The quantitative estimate of drug-likeness (QED) is 0.808. The van der Waals surface area contributed by atoms with Crippen LogP contribution in [0.25, 0.3) is 0 Å². The van der Waals surface area contributed by atoms with E-state index in [0.29, 0.717) is 17.7 Å². The van der Waals surface area contributed by atoms with Gasteiger partial charge in [0, 0.05) is 6.54 Å². The Kier molecular flexibility index (Phi) is 2.93. The van der Waals surface area contributed by atoms with Gasteiger partial charge in [-0.3, -0.25) is 0 Å². The van der Waals surface area contributed by atoms with Gasteiger partial charge < -0.3 is 10.1 Å². The van der Waals surface area contributed by atoms with E-state index < -0.39 is 5.97 Å². The van der Waals surface area contributed by atoms with Gasteiger partial charge >= 0.3 is 5.97 Å². The van der Waals surface area contributed by atoms with Crippen molar-refractivity contribution in [3.05, 3.63) is 5.69 Å². The van der Waals surface area contributed by atoms with Crippen LogP contribution in [0.2, 0.25) is 0 Å². The van der Waals surface area contributed by atoms with Crippen LogP contribution in [0.1, 0.15) is 48.6 Å². The maximum Gasteiger partial charge on any atom is 0.362 e. The van der Waals surface area contributed by atoms with Crippen molar-refractivity contribution in [3.63, 3.8) is 0 Å². The third-order valence-corrected chi connectivity index (χ3v) is 4.06. The second-order valence-electron chi connectivity index (χ2n) is 5.05. The molecule has 1 fully saturated rings. The molecule has 0 aromatic carbocycles. The number of rotatable bonds is 2. The first kappa shape index (κ1) is 11.5. The van der Waals surface area contributed by atoms with Gasteiger partial charge in [0.25, 0.3) is 0 Å². The topological polar surface area (TPSA) is 69.0 Å². The molecular weight excluding hydrogens is 232 g/mol. The first-order valence-corrected chi connectivity index (χ1v) is 6.58. The van der Waals surface area contributed by atoms with Gasteiger partial charge in [0.15, 0.2) is 5.82 Å². The smallest absolute Gasteiger partial charge is 0.362 e. The van der Waals surface area contributed by atoms with Crippen LogP contribution in [0.3, 0.4) is 0 Å². The van der Waals surface area contributed by atoms with E-state index in [4.69, 9.17) is 4.74 Å². The molecule has 1 aliphatic heterocycles. The lowest BCUT2D eigenvalue weighted by Gasteiger charge is -2.29. The summed E-state index contributed by atoms with van der Waals surface area (Å²) in [7, 11) is 1.37. The normalized spacial score (nSPS) is 23.5. The number of ether oxygens (including phenoxy) is 1. The number of esters is 1. The standard InChI is InChI=1S/C12H18N4O2/c1-18-12(17)10-11-13-7-6-9(16(11)15-14-10)8-4-2-3-5-8/h8-9,13H,2-7H2,1H3. The predicted molar refractivity (Wildman–Crippen MR) is 65.5 cm³/mol. The molecule has 3 rings (SSSR count). The van der Waals surface area contributed by atoms with Gasteiger partial charge in [-0.25, -0.2) is 9.48 Å². The largest absolute Gasteiger partial charge is 0.464 e. The monoisotopic (exact) mass is 250 g/mol. The van der Waals surface area contributed by atoms with E-state index in [0.717, 1.165) is 18.8 Å². The van der Waals surface area contributed by atoms with Crippen LogP contribution in [0.15, 0.2) is 0 Å². The fourth-order valence-corrected chi connectivity index (χ4v) is 3.16. The van der Waals surface area contributed by atoms with Crippen LogP contribution in [0, 0.1) is 5.92 Å². The van der Waals surface area contributed by atoms with E-state index in [2.05, 4.69) is 15.6 Å². The van der Waals surface area contributed by atoms with Crippen molar-refractivity contribution in [1.82, 2.24) is 15.0 Å². The molecule has 0 amide bonds. The fraction of sp³-hybridized carbons (Fsp3) is 0.750. The van der Waals surface area contributed by atoms with Crippen molar-refractivity contribution in [1.29, 1.82) is 0 Å². The first-order chi connectivity index (χ1) is 8.81. The number of fused-ring (bicyclic) bond motifs is 1. The second-order valence-corrected chi connectivity index (χ2v) is 5.05. The molecule has 1 saturated carbocycles. The van der Waals surface area contributed by atoms with Gasteiger partial charge in [0.05, 0.1) is 13.2 Å². The number of carbonyl (C=O) groups excluding carboxylic acids is 1. The Balaban J connectivity index is 1.91. The summed E-state index contributed by atoms with van der Waals surface area (Å²) in [5.41, 5.74) is 0.306. The number of carbonyl (C=O) groups is 1. The summed E-state index contributed by atoms with van der Waals surface area (Å²) in [5, 5.41) is 11.3. The number of nitrogens with zero attached hydrogens (tertiary/aromatic N) is 3. The summed E-state index contributed by atoms with van der Waals surface area (Å²) in [5.74, 6) is 0.985. The van der Waals surface area contributed by atoms with Crippen molar-refractivity contribution in [2.45, 2.75) is 38.1 Å². The van der Waals surface area contributed by atoms with Crippen LogP contribution in [0.4, 0.5) is 5.82 Å². The Bertz CT molecular complexity index is 451. The summed E-state index contributed by atoms with van der Waals surface area (Å²) >= 11 is 0. The average Bonchev–Trinajstić information content (AvgIpc) is 3.06. The van der Waals surface area contributed by atoms with Gasteiger partial charge in [-0.15, -0.1) is 5.10 Å². The maximum absolute atomic E-state index is 11.6. The number of anilines is 1. The summed E-state index contributed by atoms with van der Waals surface area (Å²) in [6.45, 7) is 0.874. The van der Waals surface area contributed by atoms with Gasteiger partial charge in [-0.1, -0.05) is 18.1 Å². The zero-order valence-corrected chi connectivity index (χ0v) is 10.6. The van der Waals surface area contributed by atoms with E-state index in [1.807, 2.05) is 4.68 Å². The molecule has 1 aromatic rings. The SMILES string of the molecule is COC(=O)c1nnn2c1NCCC2C1CCCC1. The zero-order valence-electron chi connectivity index (χ0n) is 10.6. The summed E-state index contributed by atoms with van der Waals surface area (Å²) < 4.78 is 6.62. The summed E-state index contributed by atoms with van der Waals surface area (Å²) in [6.07, 6.45) is 6.20. The molecule has 1 atom stereocenters. The molecule has 1 aromatic heterocycles. The molecule has 0 spiro atoms. The van der Waals surface area contributed by atoms with E-state index in [1.165, 1.54) is 32.8 Å². The predicted octanol–water partition coefficient (Wildman–Crippen LogP) is 1.61. The van der Waals surface area contributed by atoms with Crippen LogP contribution in [-0.2, 0) is 4.74 Å². The Labute approximate surface area is 106 Å². The van der Waals surface area contributed by atoms with Gasteiger partial charge in [0.1, 0.15) is 0 Å². The maximum atomic E-state index is 11.6. The molecule has 6 heteroatoms. The molecule has 18 heavy (non-hydrogen) atoms. The lowest BCUT2D eigenvalue weighted by molar-refractivity contribution is 0.0595. The highest BCUT2D eigenvalue weighted by atomic mass is 16.5. The molecule has 1 unspecified atom stereocenters. The van der Waals surface area contributed by atoms with Crippen LogP contribution < -0.4 is 5.32 Å². The minimum absolute atomic E-state index is 0.306. The van der Waals surface area contributed by atoms with Crippen molar-refractivity contribution >= 4 is 11.8 Å². The minimum Gasteiger partial charge on any atom is -0.464 e. The summed E-state index contributed by atoms with van der Waals surface area (Å²) in [4.78, 5) is 11.6. The molecule has 2 heterocycles. The lowest BCUT2D eigenvalue weighted by atomic mass is 9.94. The van der Waals surface area contributed by atoms with Crippen molar-refractivity contribution in [3.8, 4) is 0 Å². The Morgan fingerprint density at radius 2 is 2.17 bits per heavy atom. The van der Waals surface area contributed by atoms with Gasteiger partial charge in [0.2, 0.25) is 5.69 Å². The number of hydrogen-bond acceptors (Lipinski definition) is 5. The molecule has 98 valence electrons.